The Morgan fingerprint density at radius 1 is 0.971 bits per heavy atom. The predicted molar refractivity (Wildman–Crippen MR) is 129 cm³/mol. The number of nitriles is 2. The Balaban J connectivity index is 1.70. The number of carbonyl (C=O) groups excluding carboxylic acids is 1. The van der Waals surface area contributed by atoms with Gasteiger partial charge in [0.25, 0.3) is 11.5 Å². The summed E-state index contributed by atoms with van der Waals surface area (Å²) in [5, 5.41) is 33.4. The van der Waals surface area contributed by atoms with Crippen molar-refractivity contribution < 1.29 is 4.79 Å². The third-order valence-electron chi connectivity index (χ3n) is 5.18. The summed E-state index contributed by atoms with van der Waals surface area (Å²) >= 11 is 1.17. The molecule has 0 unspecified atom stereocenters. The van der Waals surface area contributed by atoms with Crippen molar-refractivity contribution in [3.8, 4) is 34.4 Å². The molecule has 0 bridgehead atoms. The number of benzene rings is 2. The smallest absolute Gasteiger partial charge is 0.267 e. The van der Waals surface area contributed by atoms with Crippen molar-refractivity contribution in [1.82, 2.24) is 30.5 Å². The summed E-state index contributed by atoms with van der Waals surface area (Å²) in [7, 11) is 3.40. The lowest BCUT2D eigenvalue weighted by Crippen LogP contribution is -2.21. The molecule has 2 heterocycles. The number of nitrogens with one attached hydrogen (secondary N) is 2. The number of hydrogen-bond acceptors (Lipinski definition) is 8. The maximum atomic E-state index is 12.6. The number of rotatable bonds is 6. The van der Waals surface area contributed by atoms with E-state index in [1.165, 1.54) is 16.7 Å². The molecule has 2 N–H and O–H groups in total. The third-order valence-corrected chi connectivity index (χ3v) is 6.18. The van der Waals surface area contributed by atoms with Crippen molar-refractivity contribution in [2.24, 2.45) is 0 Å². The van der Waals surface area contributed by atoms with E-state index in [9.17, 15) is 20.1 Å². The van der Waals surface area contributed by atoms with Crippen molar-refractivity contribution >= 4 is 17.7 Å². The summed E-state index contributed by atoms with van der Waals surface area (Å²) < 4.78 is 0. The van der Waals surface area contributed by atoms with Gasteiger partial charge >= 0.3 is 0 Å². The molecule has 172 valence electrons. The van der Waals surface area contributed by atoms with Crippen LogP contribution >= 0.6 is 11.8 Å². The van der Waals surface area contributed by atoms with Gasteiger partial charge in [-0.3, -0.25) is 9.59 Å². The Labute approximate surface area is 204 Å². The normalized spacial score (nSPS) is 10.4. The van der Waals surface area contributed by atoms with E-state index in [-0.39, 0.29) is 28.4 Å². The second-order valence-electron chi connectivity index (χ2n) is 7.60. The summed E-state index contributed by atoms with van der Waals surface area (Å²) in [5.74, 6) is 0.605. The molecular weight excluding hydrogens is 464 g/mol. The van der Waals surface area contributed by atoms with Crippen LogP contribution < -0.4 is 5.56 Å². The molecule has 0 fully saturated rings. The lowest BCUT2D eigenvalue weighted by atomic mass is 9.95. The Morgan fingerprint density at radius 2 is 1.57 bits per heavy atom. The van der Waals surface area contributed by atoms with E-state index >= 15 is 0 Å². The highest BCUT2D eigenvalue weighted by molar-refractivity contribution is 7.98. The molecule has 2 aromatic carbocycles. The van der Waals surface area contributed by atoms with Crippen LogP contribution in [0, 0.1) is 22.7 Å². The number of aromatic amines is 2. The first-order chi connectivity index (χ1) is 16.9. The summed E-state index contributed by atoms with van der Waals surface area (Å²) in [6.45, 7) is 0. The van der Waals surface area contributed by atoms with Gasteiger partial charge < -0.3 is 9.88 Å². The van der Waals surface area contributed by atoms with Gasteiger partial charge in [-0.05, 0) is 28.8 Å². The molecule has 0 saturated heterocycles. The molecule has 2 aromatic heterocycles. The van der Waals surface area contributed by atoms with E-state index in [0.717, 1.165) is 11.1 Å². The van der Waals surface area contributed by atoms with E-state index in [1.54, 1.807) is 38.4 Å². The van der Waals surface area contributed by atoms with E-state index in [4.69, 9.17) is 0 Å². The summed E-state index contributed by atoms with van der Waals surface area (Å²) in [6.07, 6.45) is 0. The second kappa shape index (κ2) is 10.0. The average molecular weight is 483 g/mol. The van der Waals surface area contributed by atoms with Crippen LogP contribution in [-0.4, -0.2) is 50.5 Å². The lowest BCUT2D eigenvalue weighted by molar-refractivity contribution is 0.0827. The SMILES string of the molecule is CN(C)C(=O)c1ccc(-c2ccc(-c3c(C#N)c(SCc4nn[nH]n4)[nH]c(=O)c3C#N)cc2)cc1. The number of H-pyrrole nitrogens is 2. The average Bonchev–Trinajstić information content (AvgIpc) is 3.40. The van der Waals surface area contributed by atoms with E-state index in [0.29, 0.717) is 22.0 Å². The minimum absolute atomic E-state index is 0.0812. The highest BCUT2D eigenvalue weighted by Crippen LogP contribution is 2.33. The van der Waals surface area contributed by atoms with Crippen molar-refractivity contribution in [2.45, 2.75) is 10.8 Å². The number of pyridine rings is 1. The van der Waals surface area contributed by atoms with Crippen molar-refractivity contribution in [1.29, 1.82) is 10.5 Å². The molecule has 0 aliphatic heterocycles. The van der Waals surface area contributed by atoms with Crippen LogP contribution in [-0.2, 0) is 5.75 Å². The quantitative estimate of drug-likeness (QED) is 0.397. The van der Waals surface area contributed by atoms with E-state index in [2.05, 4.69) is 31.7 Å². The fraction of sp³-hybridized carbons (Fsp3) is 0.125. The lowest BCUT2D eigenvalue weighted by Gasteiger charge is -2.12. The van der Waals surface area contributed by atoms with Crippen LogP contribution in [0.1, 0.15) is 27.3 Å². The zero-order valence-electron chi connectivity index (χ0n) is 18.7. The Hall–Kier alpha value is -4.74. The highest BCUT2D eigenvalue weighted by Gasteiger charge is 2.20. The standard InChI is InChI=1S/C24H18N8O2S/c1-32(2)24(34)17-9-5-15(6-10-17)14-3-7-16(8-4-14)21-18(11-25)22(33)27-23(19(21)12-26)35-13-20-28-30-31-29-20/h3-10H,13H2,1-2H3,(H,27,33)(H,28,29,30,31). The van der Waals surface area contributed by atoms with E-state index in [1.807, 2.05) is 30.3 Å². The van der Waals surface area contributed by atoms with Crippen LogP contribution in [0.5, 0.6) is 0 Å². The number of tetrazole rings is 1. The minimum atomic E-state index is -0.581. The minimum Gasteiger partial charge on any atom is -0.345 e. The van der Waals surface area contributed by atoms with Crippen LogP contribution in [0.2, 0.25) is 0 Å². The molecule has 0 atom stereocenters. The van der Waals surface area contributed by atoms with Gasteiger partial charge in [-0.1, -0.05) is 53.4 Å². The Bertz CT molecular complexity index is 1510. The largest absolute Gasteiger partial charge is 0.345 e. The Morgan fingerprint density at radius 3 is 2.11 bits per heavy atom. The molecular formula is C24H18N8O2S. The molecule has 4 rings (SSSR count). The van der Waals surface area contributed by atoms with E-state index < -0.39 is 5.56 Å². The monoisotopic (exact) mass is 482 g/mol. The number of thioether (sulfide) groups is 1. The maximum Gasteiger partial charge on any atom is 0.267 e. The van der Waals surface area contributed by atoms with Crippen LogP contribution in [0.4, 0.5) is 0 Å². The fourth-order valence-corrected chi connectivity index (χ4v) is 4.32. The molecule has 0 aliphatic rings. The molecule has 4 aromatic rings. The highest BCUT2D eigenvalue weighted by atomic mass is 32.2. The van der Waals surface area contributed by atoms with Crippen LogP contribution in [0.15, 0.2) is 58.4 Å². The first-order valence-electron chi connectivity index (χ1n) is 10.3. The van der Waals surface area contributed by atoms with Gasteiger partial charge in [0.2, 0.25) is 0 Å². The maximum absolute atomic E-state index is 12.6. The number of amides is 1. The van der Waals surface area contributed by atoms with Gasteiger partial charge in [0.15, 0.2) is 5.82 Å². The predicted octanol–water partition coefficient (Wildman–Crippen LogP) is 2.96. The zero-order chi connectivity index (χ0) is 24.9. The Kier molecular flexibility index (Phi) is 6.71. The van der Waals surface area contributed by atoms with Crippen LogP contribution in [0.25, 0.3) is 22.3 Å². The molecule has 0 spiro atoms. The van der Waals surface area contributed by atoms with Crippen LogP contribution in [0.3, 0.4) is 0 Å². The first kappa shape index (κ1) is 23.4. The number of carbonyl (C=O) groups is 1. The van der Waals surface area contributed by atoms with Gasteiger partial charge in [-0.15, -0.1) is 10.2 Å². The summed E-state index contributed by atoms with van der Waals surface area (Å²) in [6, 6.07) is 18.5. The molecule has 35 heavy (non-hydrogen) atoms. The summed E-state index contributed by atoms with van der Waals surface area (Å²) in [4.78, 5) is 28.9. The van der Waals surface area contributed by atoms with Crippen molar-refractivity contribution in [3.05, 3.63) is 81.4 Å². The van der Waals surface area contributed by atoms with Gasteiger partial charge in [-0.25, -0.2) is 0 Å². The van der Waals surface area contributed by atoms with Crippen molar-refractivity contribution in [2.75, 3.05) is 14.1 Å². The molecule has 11 heteroatoms. The fourth-order valence-electron chi connectivity index (χ4n) is 3.46. The number of nitrogens with zero attached hydrogens (tertiary/aromatic N) is 6. The topological polar surface area (TPSA) is 155 Å². The molecule has 1 amide bonds. The molecule has 0 aliphatic carbocycles. The second-order valence-corrected chi connectivity index (χ2v) is 8.59. The van der Waals surface area contributed by atoms with Gasteiger partial charge in [0.05, 0.1) is 16.3 Å². The number of aromatic nitrogens is 5. The number of hydrogen-bond donors (Lipinski definition) is 2. The zero-order valence-corrected chi connectivity index (χ0v) is 19.6. The molecule has 10 nitrogen and oxygen atoms in total. The first-order valence-corrected chi connectivity index (χ1v) is 11.3. The summed E-state index contributed by atoms with van der Waals surface area (Å²) in [5.41, 5.74) is 2.67. The van der Waals surface area contributed by atoms with Gasteiger partial charge in [0, 0.05) is 25.2 Å². The van der Waals surface area contributed by atoms with Crippen molar-refractivity contribution in [3.63, 3.8) is 0 Å². The third kappa shape index (κ3) is 4.81. The van der Waals surface area contributed by atoms with Gasteiger partial charge in [-0.2, -0.15) is 15.7 Å². The molecule has 0 radical (unpaired) electrons. The van der Waals surface area contributed by atoms with Gasteiger partial charge in [0.1, 0.15) is 17.7 Å². The molecule has 0 saturated carbocycles.